The van der Waals surface area contributed by atoms with Crippen molar-refractivity contribution in [3.05, 3.63) is 35.4 Å². The lowest BCUT2D eigenvalue weighted by molar-refractivity contribution is 0.0533. The molecular weight excluding hydrogens is 279 g/mol. The van der Waals surface area contributed by atoms with Crippen LogP contribution in [0.15, 0.2) is 24.3 Å². The molecule has 0 heterocycles. The van der Waals surface area contributed by atoms with Gasteiger partial charge in [-0.15, -0.1) is 0 Å². The van der Waals surface area contributed by atoms with Crippen LogP contribution in [0.4, 0.5) is 0 Å². The minimum absolute atomic E-state index is 0.239. The minimum Gasteiger partial charge on any atom is -0.461 e. The summed E-state index contributed by atoms with van der Waals surface area (Å²) in [6.45, 7) is 2.47. The Morgan fingerprint density at radius 2 is 2.00 bits per heavy atom. The highest BCUT2D eigenvalue weighted by Crippen LogP contribution is 2.04. The van der Waals surface area contributed by atoms with Gasteiger partial charge in [0.05, 0.1) is 5.56 Å². The van der Waals surface area contributed by atoms with E-state index in [4.69, 9.17) is 4.74 Å². The van der Waals surface area contributed by atoms with Gasteiger partial charge in [-0.1, -0.05) is 40.3 Å². The summed E-state index contributed by atoms with van der Waals surface area (Å²) >= 11 is 2.17. The standard InChI is InChI=1S/C10H11IO2/c1-8-2-4-9(5-3-8)10(12)13-7-6-11/h2-5H,6-7H2,1H3. The predicted molar refractivity (Wildman–Crippen MR) is 60.3 cm³/mol. The first-order valence-corrected chi connectivity index (χ1v) is 5.56. The van der Waals surface area contributed by atoms with Gasteiger partial charge in [-0.05, 0) is 19.1 Å². The highest BCUT2D eigenvalue weighted by molar-refractivity contribution is 14.1. The van der Waals surface area contributed by atoms with Crippen molar-refractivity contribution in [2.24, 2.45) is 0 Å². The van der Waals surface area contributed by atoms with Crippen LogP contribution in [-0.2, 0) is 4.74 Å². The smallest absolute Gasteiger partial charge is 0.338 e. The maximum absolute atomic E-state index is 11.3. The second-order valence-electron chi connectivity index (χ2n) is 2.69. The third-order valence-electron chi connectivity index (χ3n) is 1.60. The number of halogens is 1. The summed E-state index contributed by atoms with van der Waals surface area (Å²) in [6.07, 6.45) is 0. The fourth-order valence-electron chi connectivity index (χ4n) is 0.904. The lowest BCUT2D eigenvalue weighted by Gasteiger charge is -2.02. The summed E-state index contributed by atoms with van der Waals surface area (Å²) < 4.78 is 5.80. The highest BCUT2D eigenvalue weighted by atomic mass is 127. The number of hydrogen-bond acceptors (Lipinski definition) is 2. The third kappa shape index (κ3) is 3.34. The van der Waals surface area contributed by atoms with E-state index in [1.165, 1.54) is 0 Å². The largest absolute Gasteiger partial charge is 0.461 e. The molecule has 1 rings (SSSR count). The van der Waals surface area contributed by atoms with Crippen molar-refractivity contribution < 1.29 is 9.53 Å². The Balaban J connectivity index is 2.61. The molecule has 0 aliphatic rings. The number of benzene rings is 1. The van der Waals surface area contributed by atoms with Gasteiger partial charge in [-0.25, -0.2) is 4.79 Å². The van der Waals surface area contributed by atoms with E-state index in [0.29, 0.717) is 12.2 Å². The molecule has 70 valence electrons. The van der Waals surface area contributed by atoms with Crippen LogP contribution < -0.4 is 0 Å². The highest BCUT2D eigenvalue weighted by Gasteiger charge is 2.04. The number of ether oxygens (including phenoxy) is 1. The normalized spacial score (nSPS) is 9.69. The number of aryl methyl sites for hydroxylation is 1. The van der Waals surface area contributed by atoms with E-state index in [1.54, 1.807) is 12.1 Å². The van der Waals surface area contributed by atoms with Gasteiger partial charge >= 0.3 is 5.97 Å². The molecule has 0 spiro atoms. The van der Waals surface area contributed by atoms with E-state index in [2.05, 4.69) is 22.6 Å². The monoisotopic (exact) mass is 290 g/mol. The molecule has 0 bridgehead atoms. The Morgan fingerprint density at radius 1 is 1.38 bits per heavy atom. The van der Waals surface area contributed by atoms with Gasteiger partial charge in [0.1, 0.15) is 6.61 Å². The molecular formula is C10H11IO2. The Hall–Kier alpha value is -0.580. The van der Waals surface area contributed by atoms with Crippen LogP contribution in [0.1, 0.15) is 15.9 Å². The first kappa shape index (κ1) is 10.5. The molecule has 0 aliphatic heterocycles. The zero-order valence-corrected chi connectivity index (χ0v) is 9.58. The van der Waals surface area contributed by atoms with Crippen molar-refractivity contribution in [3.8, 4) is 0 Å². The molecule has 1 aromatic carbocycles. The molecule has 0 aromatic heterocycles. The van der Waals surface area contributed by atoms with Crippen LogP contribution in [0, 0.1) is 6.92 Å². The van der Waals surface area contributed by atoms with E-state index in [1.807, 2.05) is 19.1 Å². The van der Waals surface area contributed by atoms with Gasteiger partial charge in [-0.2, -0.15) is 0 Å². The Kier molecular flexibility index (Phi) is 4.21. The molecule has 0 N–H and O–H groups in total. The third-order valence-corrected chi connectivity index (χ3v) is 2.04. The number of alkyl halides is 1. The first-order valence-electron chi connectivity index (χ1n) is 4.04. The minimum atomic E-state index is -0.239. The van der Waals surface area contributed by atoms with Crippen LogP contribution in [0.25, 0.3) is 0 Å². The average molecular weight is 290 g/mol. The molecule has 0 atom stereocenters. The number of carbonyl (C=O) groups is 1. The maximum atomic E-state index is 11.3. The van der Waals surface area contributed by atoms with Gasteiger partial charge < -0.3 is 4.74 Å². The van der Waals surface area contributed by atoms with E-state index in [-0.39, 0.29) is 5.97 Å². The Bertz CT molecular complexity index is 279. The van der Waals surface area contributed by atoms with Crippen molar-refractivity contribution in [1.82, 2.24) is 0 Å². The van der Waals surface area contributed by atoms with Crippen molar-refractivity contribution in [1.29, 1.82) is 0 Å². The molecule has 1 aromatic rings. The summed E-state index contributed by atoms with van der Waals surface area (Å²) in [5, 5.41) is 0. The number of rotatable bonds is 3. The molecule has 0 unspecified atom stereocenters. The van der Waals surface area contributed by atoms with Crippen molar-refractivity contribution in [3.63, 3.8) is 0 Å². The van der Waals surface area contributed by atoms with E-state index < -0.39 is 0 Å². The van der Waals surface area contributed by atoms with Gasteiger partial charge in [-0.3, -0.25) is 0 Å². The molecule has 0 radical (unpaired) electrons. The molecule has 13 heavy (non-hydrogen) atoms. The summed E-state index contributed by atoms with van der Waals surface area (Å²) in [5.74, 6) is -0.239. The molecule has 0 amide bonds. The lowest BCUT2D eigenvalue weighted by atomic mass is 10.1. The van der Waals surface area contributed by atoms with Crippen LogP contribution in [0.2, 0.25) is 0 Å². The second kappa shape index (κ2) is 5.21. The molecule has 0 saturated carbocycles. The summed E-state index contributed by atoms with van der Waals surface area (Å²) in [7, 11) is 0. The quantitative estimate of drug-likeness (QED) is 0.486. The second-order valence-corrected chi connectivity index (χ2v) is 3.77. The number of esters is 1. The molecule has 2 nitrogen and oxygen atoms in total. The molecule has 3 heteroatoms. The molecule has 0 aliphatic carbocycles. The van der Waals surface area contributed by atoms with Gasteiger partial charge in [0, 0.05) is 4.43 Å². The van der Waals surface area contributed by atoms with E-state index in [9.17, 15) is 4.79 Å². The zero-order chi connectivity index (χ0) is 9.68. The van der Waals surface area contributed by atoms with Crippen molar-refractivity contribution in [2.75, 3.05) is 11.0 Å². The van der Waals surface area contributed by atoms with Crippen LogP contribution >= 0.6 is 22.6 Å². The van der Waals surface area contributed by atoms with Crippen LogP contribution in [0.3, 0.4) is 0 Å². The van der Waals surface area contributed by atoms with Gasteiger partial charge in [0.15, 0.2) is 0 Å². The fraction of sp³-hybridized carbons (Fsp3) is 0.300. The summed E-state index contributed by atoms with van der Waals surface area (Å²) in [5.41, 5.74) is 1.76. The van der Waals surface area contributed by atoms with Gasteiger partial charge in [0.2, 0.25) is 0 Å². The number of hydrogen-bond donors (Lipinski definition) is 0. The average Bonchev–Trinajstić information content (AvgIpc) is 2.15. The first-order chi connectivity index (χ1) is 6.24. The summed E-state index contributed by atoms with van der Waals surface area (Å²) in [6, 6.07) is 7.37. The SMILES string of the molecule is Cc1ccc(C(=O)OCCI)cc1. The number of carbonyl (C=O) groups excluding carboxylic acids is 1. The lowest BCUT2D eigenvalue weighted by Crippen LogP contribution is -2.06. The van der Waals surface area contributed by atoms with Gasteiger partial charge in [0.25, 0.3) is 0 Å². The molecule has 0 saturated heterocycles. The van der Waals surface area contributed by atoms with Crippen LogP contribution in [0.5, 0.6) is 0 Å². The van der Waals surface area contributed by atoms with E-state index in [0.717, 1.165) is 9.99 Å². The van der Waals surface area contributed by atoms with E-state index >= 15 is 0 Å². The van der Waals surface area contributed by atoms with Crippen molar-refractivity contribution in [2.45, 2.75) is 6.92 Å². The maximum Gasteiger partial charge on any atom is 0.338 e. The zero-order valence-electron chi connectivity index (χ0n) is 7.42. The van der Waals surface area contributed by atoms with Crippen LogP contribution in [-0.4, -0.2) is 17.0 Å². The fourth-order valence-corrected chi connectivity index (χ4v) is 1.12. The Labute approximate surface area is 91.4 Å². The van der Waals surface area contributed by atoms with Crippen molar-refractivity contribution >= 4 is 28.6 Å². The topological polar surface area (TPSA) is 26.3 Å². The Morgan fingerprint density at radius 3 is 2.54 bits per heavy atom. The predicted octanol–water partition coefficient (Wildman–Crippen LogP) is 2.59. The molecule has 0 fully saturated rings. The summed E-state index contributed by atoms with van der Waals surface area (Å²) in [4.78, 5) is 11.3.